The van der Waals surface area contributed by atoms with E-state index >= 15 is 0 Å². The molecule has 0 aliphatic rings. The molecule has 0 radical (unpaired) electrons. The van der Waals surface area contributed by atoms with Gasteiger partial charge < -0.3 is 11.1 Å². The topological polar surface area (TPSA) is 72.2 Å². The van der Waals surface area contributed by atoms with Crippen LogP contribution in [-0.2, 0) is 9.84 Å². The minimum atomic E-state index is -3.20. The van der Waals surface area contributed by atoms with Gasteiger partial charge in [0.25, 0.3) is 0 Å². The maximum absolute atomic E-state index is 12.2. The summed E-state index contributed by atoms with van der Waals surface area (Å²) in [5.41, 5.74) is 6.26. The van der Waals surface area contributed by atoms with Crippen molar-refractivity contribution < 1.29 is 8.42 Å². The summed E-state index contributed by atoms with van der Waals surface area (Å²) in [7, 11) is -3.20. The van der Waals surface area contributed by atoms with E-state index < -0.39 is 9.84 Å². The summed E-state index contributed by atoms with van der Waals surface area (Å²) >= 11 is 0. The van der Waals surface area contributed by atoms with Crippen molar-refractivity contribution in [1.82, 2.24) is 0 Å². The molecular weight excluding hydrogens is 260 g/mol. The third kappa shape index (κ3) is 4.51. The Morgan fingerprint density at radius 3 is 2.53 bits per heavy atom. The van der Waals surface area contributed by atoms with Gasteiger partial charge in [-0.05, 0) is 37.9 Å². The number of anilines is 1. The second-order valence-electron chi connectivity index (χ2n) is 4.64. The van der Waals surface area contributed by atoms with Crippen molar-refractivity contribution in [2.75, 3.05) is 17.6 Å². The van der Waals surface area contributed by atoms with E-state index in [1.54, 1.807) is 12.1 Å². The molecule has 0 fully saturated rings. The summed E-state index contributed by atoms with van der Waals surface area (Å²) in [6.07, 6.45) is 2.37. The van der Waals surface area contributed by atoms with Crippen LogP contribution in [0.3, 0.4) is 0 Å². The number of hydrogen-bond donors (Lipinski definition) is 2. The van der Waals surface area contributed by atoms with Gasteiger partial charge in [0.15, 0.2) is 9.84 Å². The molecule has 0 spiro atoms. The molecule has 1 aromatic carbocycles. The molecule has 1 aromatic rings. The maximum atomic E-state index is 12.2. The van der Waals surface area contributed by atoms with Gasteiger partial charge in [-0.25, -0.2) is 8.42 Å². The maximum Gasteiger partial charge on any atom is 0.180 e. The van der Waals surface area contributed by atoms with Gasteiger partial charge in [-0.3, -0.25) is 0 Å². The highest BCUT2D eigenvalue weighted by Gasteiger charge is 2.18. The molecule has 1 atom stereocenters. The highest BCUT2D eigenvalue weighted by Crippen LogP contribution is 2.24. The fourth-order valence-corrected chi connectivity index (χ4v) is 3.54. The number of nitrogens with one attached hydrogen (secondary N) is 1. The molecule has 0 bridgehead atoms. The second-order valence-corrected chi connectivity index (χ2v) is 6.72. The van der Waals surface area contributed by atoms with Crippen molar-refractivity contribution in [2.24, 2.45) is 5.73 Å². The third-order valence-electron chi connectivity index (χ3n) is 3.06. The van der Waals surface area contributed by atoms with Crippen molar-refractivity contribution >= 4 is 15.5 Å². The predicted octanol–water partition coefficient (Wildman–Crippen LogP) is 2.41. The van der Waals surface area contributed by atoms with E-state index in [4.69, 9.17) is 5.73 Å². The number of nitrogens with two attached hydrogens (primary N) is 1. The zero-order valence-corrected chi connectivity index (χ0v) is 12.5. The molecule has 19 heavy (non-hydrogen) atoms. The predicted molar refractivity (Wildman–Crippen MR) is 80.2 cm³/mol. The molecule has 0 aromatic heterocycles. The van der Waals surface area contributed by atoms with Crippen molar-refractivity contribution in [2.45, 2.75) is 44.0 Å². The zero-order valence-electron chi connectivity index (χ0n) is 11.7. The van der Waals surface area contributed by atoms with Gasteiger partial charge in [-0.15, -0.1) is 0 Å². The lowest BCUT2D eigenvalue weighted by Gasteiger charge is -2.19. The molecule has 0 amide bonds. The van der Waals surface area contributed by atoms with Crippen LogP contribution < -0.4 is 11.1 Å². The lowest BCUT2D eigenvalue weighted by molar-refractivity contribution is 0.594. The van der Waals surface area contributed by atoms with E-state index in [1.165, 1.54) is 0 Å². The van der Waals surface area contributed by atoms with E-state index in [-0.39, 0.29) is 11.8 Å². The van der Waals surface area contributed by atoms with E-state index in [0.717, 1.165) is 12.8 Å². The largest absolute Gasteiger partial charge is 0.381 e. The van der Waals surface area contributed by atoms with Crippen LogP contribution in [0.15, 0.2) is 29.2 Å². The molecule has 5 heteroatoms. The summed E-state index contributed by atoms with van der Waals surface area (Å²) < 4.78 is 24.4. The molecule has 0 heterocycles. The minimum Gasteiger partial charge on any atom is -0.381 e. The SMILES string of the molecule is CCCS(=O)(=O)c1ccccc1NC(CC)CCN. The fourth-order valence-electron chi connectivity index (χ4n) is 2.04. The summed E-state index contributed by atoms with van der Waals surface area (Å²) in [5, 5.41) is 3.30. The first-order valence-electron chi connectivity index (χ1n) is 6.83. The molecule has 4 nitrogen and oxygen atoms in total. The summed E-state index contributed by atoms with van der Waals surface area (Å²) in [4.78, 5) is 0.396. The quantitative estimate of drug-likeness (QED) is 0.769. The number of benzene rings is 1. The second kappa shape index (κ2) is 7.50. The average molecular weight is 284 g/mol. The summed E-state index contributed by atoms with van der Waals surface area (Å²) in [6.45, 7) is 4.53. The van der Waals surface area contributed by atoms with Crippen molar-refractivity contribution in [3.8, 4) is 0 Å². The smallest absolute Gasteiger partial charge is 0.180 e. The molecular formula is C14H24N2O2S. The Labute approximate surface area is 116 Å². The Bertz CT molecular complexity index is 486. The molecule has 1 unspecified atom stereocenters. The van der Waals surface area contributed by atoms with Gasteiger partial charge in [0.1, 0.15) is 0 Å². The molecule has 3 N–H and O–H groups in total. The van der Waals surface area contributed by atoms with Crippen LogP contribution in [0.25, 0.3) is 0 Å². The van der Waals surface area contributed by atoms with Crippen LogP contribution in [0.4, 0.5) is 5.69 Å². The highest BCUT2D eigenvalue weighted by atomic mass is 32.2. The van der Waals surface area contributed by atoms with Gasteiger partial charge >= 0.3 is 0 Å². The Hall–Kier alpha value is -1.07. The van der Waals surface area contributed by atoms with Gasteiger partial charge in [-0.2, -0.15) is 0 Å². The monoisotopic (exact) mass is 284 g/mol. The van der Waals surface area contributed by atoms with Crippen LogP contribution in [0.5, 0.6) is 0 Å². The van der Waals surface area contributed by atoms with Crippen molar-refractivity contribution in [3.63, 3.8) is 0 Å². The summed E-state index contributed by atoms with van der Waals surface area (Å²) in [5.74, 6) is 0.180. The molecule has 0 saturated heterocycles. The lowest BCUT2D eigenvalue weighted by Crippen LogP contribution is -2.23. The van der Waals surface area contributed by atoms with Gasteiger partial charge in [0.2, 0.25) is 0 Å². The molecule has 108 valence electrons. The normalized spacial score (nSPS) is 13.2. The van der Waals surface area contributed by atoms with Crippen LogP contribution in [0.2, 0.25) is 0 Å². The minimum absolute atomic E-state index is 0.180. The molecule has 0 aliphatic carbocycles. The van der Waals surface area contributed by atoms with Crippen LogP contribution in [0.1, 0.15) is 33.1 Å². The number of hydrogen-bond acceptors (Lipinski definition) is 4. The van der Waals surface area contributed by atoms with E-state index in [9.17, 15) is 8.42 Å². The van der Waals surface area contributed by atoms with E-state index in [1.807, 2.05) is 19.1 Å². The lowest BCUT2D eigenvalue weighted by atomic mass is 10.1. The van der Waals surface area contributed by atoms with Crippen LogP contribution in [0, 0.1) is 0 Å². The van der Waals surface area contributed by atoms with E-state index in [0.29, 0.717) is 23.5 Å². The fraction of sp³-hybridized carbons (Fsp3) is 0.571. The van der Waals surface area contributed by atoms with E-state index in [2.05, 4.69) is 12.2 Å². The average Bonchev–Trinajstić information content (AvgIpc) is 2.38. The highest BCUT2D eigenvalue weighted by molar-refractivity contribution is 7.91. The van der Waals surface area contributed by atoms with Crippen LogP contribution >= 0.6 is 0 Å². The molecule has 0 aliphatic heterocycles. The van der Waals surface area contributed by atoms with Crippen molar-refractivity contribution in [3.05, 3.63) is 24.3 Å². The third-order valence-corrected chi connectivity index (χ3v) is 5.03. The van der Waals surface area contributed by atoms with Crippen molar-refractivity contribution in [1.29, 1.82) is 0 Å². The Morgan fingerprint density at radius 1 is 1.26 bits per heavy atom. The zero-order chi connectivity index (χ0) is 14.3. The number of para-hydroxylation sites is 1. The summed E-state index contributed by atoms with van der Waals surface area (Å²) in [6, 6.07) is 7.31. The molecule has 1 rings (SSSR count). The first kappa shape index (κ1) is 16.0. The van der Waals surface area contributed by atoms with Crippen LogP contribution in [-0.4, -0.2) is 26.8 Å². The van der Waals surface area contributed by atoms with Gasteiger partial charge in [-0.1, -0.05) is 26.0 Å². The number of rotatable bonds is 8. The Kier molecular flexibility index (Phi) is 6.31. The van der Waals surface area contributed by atoms with Gasteiger partial charge in [0, 0.05) is 6.04 Å². The first-order chi connectivity index (χ1) is 9.05. The number of sulfone groups is 1. The Balaban J connectivity index is 3.02. The first-order valence-corrected chi connectivity index (χ1v) is 8.48. The standard InChI is InChI=1S/C14H24N2O2S/c1-3-11-19(17,18)14-8-6-5-7-13(14)16-12(4-2)9-10-15/h5-8,12,16H,3-4,9-11,15H2,1-2H3. The molecule has 0 saturated carbocycles. The Morgan fingerprint density at radius 2 is 1.95 bits per heavy atom. The van der Waals surface area contributed by atoms with Gasteiger partial charge in [0.05, 0.1) is 16.3 Å².